The van der Waals surface area contributed by atoms with Crippen LogP contribution in [0.5, 0.6) is 11.5 Å². The van der Waals surface area contributed by atoms with Gasteiger partial charge in [-0.2, -0.15) is 0 Å². The van der Waals surface area contributed by atoms with E-state index >= 15 is 0 Å². The van der Waals surface area contributed by atoms with E-state index in [1.165, 1.54) is 26.4 Å². The first-order valence-corrected chi connectivity index (χ1v) is 3.85. The summed E-state index contributed by atoms with van der Waals surface area (Å²) < 4.78 is 9.81. The summed E-state index contributed by atoms with van der Waals surface area (Å²) in [5.41, 5.74) is 5.60. The molecule has 84 valence electrons. The number of aromatic carboxylic acids is 1. The molecular weight excluding hydrogens is 222 g/mol. The maximum Gasteiger partial charge on any atom is 0.341 e. The van der Waals surface area contributed by atoms with E-state index in [4.69, 9.17) is 20.3 Å². The van der Waals surface area contributed by atoms with Crippen LogP contribution in [0.1, 0.15) is 10.4 Å². The number of hydrogen-bond acceptors (Lipinski definition) is 4. The van der Waals surface area contributed by atoms with Gasteiger partial charge in [-0.15, -0.1) is 12.4 Å². The van der Waals surface area contributed by atoms with Crippen molar-refractivity contribution in [1.29, 1.82) is 0 Å². The summed E-state index contributed by atoms with van der Waals surface area (Å²) in [5, 5.41) is 8.84. The van der Waals surface area contributed by atoms with Gasteiger partial charge in [-0.1, -0.05) is 0 Å². The van der Waals surface area contributed by atoms with Crippen molar-refractivity contribution in [3.8, 4) is 11.5 Å². The summed E-state index contributed by atoms with van der Waals surface area (Å²) in [6.45, 7) is 0. The molecule has 0 unspecified atom stereocenters. The molecule has 0 heterocycles. The van der Waals surface area contributed by atoms with E-state index in [0.29, 0.717) is 5.75 Å². The molecule has 0 amide bonds. The molecule has 1 rings (SSSR count). The number of rotatable bonds is 3. The Bertz CT molecular complexity index is 367. The summed E-state index contributed by atoms with van der Waals surface area (Å²) in [5.74, 6) is -0.472. The van der Waals surface area contributed by atoms with Gasteiger partial charge in [0.2, 0.25) is 0 Å². The second-order valence-corrected chi connectivity index (χ2v) is 2.60. The zero-order valence-electron chi connectivity index (χ0n) is 8.31. The van der Waals surface area contributed by atoms with E-state index < -0.39 is 5.97 Å². The van der Waals surface area contributed by atoms with Gasteiger partial charge in [0.1, 0.15) is 17.1 Å². The maximum absolute atomic E-state index is 10.8. The fourth-order valence-corrected chi connectivity index (χ4v) is 1.12. The van der Waals surface area contributed by atoms with Crippen LogP contribution in [0, 0.1) is 0 Å². The van der Waals surface area contributed by atoms with Crippen molar-refractivity contribution in [2.24, 2.45) is 0 Å². The fourth-order valence-electron chi connectivity index (χ4n) is 1.12. The third kappa shape index (κ3) is 2.66. The monoisotopic (exact) mass is 233 g/mol. The van der Waals surface area contributed by atoms with Crippen molar-refractivity contribution in [1.82, 2.24) is 0 Å². The van der Waals surface area contributed by atoms with Gasteiger partial charge in [-0.3, -0.25) is 0 Å². The zero-order chi connectivity index (χ0) is 10.7. The van der Waals surface area contributed by atoms with Crippen LogP contribution in [0.25, 0.3) is 0 Å². The van der Waals surface area contributed by atoms with Gasteiger partial charge in [-0.05, 0) is 0 Å². The summed E-state index contributed by atoms with van der Waals surface area (Å²) in [7, 11) is 2.84. The molecule has 6 heteroatoms. The van der Waals surface area contributed by atoms with E-state index in [2.05, 4.69) is 0 Å². The molecule has 0 radical (unpaired) electrons. The first kappa shape index (κ1) is 13.4. The normalized spacial score (nSPS) is 8.93. The van der Waals surface area contributed by atoms with Gasteiger partial charge in [0.05, 0.1) is 19.9 Å². The van der Waals surface area contributed by atoms with Crippen LogP contribution < -0.4 is 15.2 Å². The lowest BCUT2D eigenvalue weighted by Gasteiger charge is -2.09. The molecule has 1 aromatic rings. The molecule has 0 aliphatic rings. The first-order chi connectivity index (χ1) is 6.60. The Morgan fingerprint density at radius 2 is 1.93 bits per heavy atom. The third-order valence-electron chi connectivity index (χ3n) is 1.78. The number of nitrogens with two attached hydrogens (primary N) is 1. The molecule has 3 N–H and O–H groups in total. The van der Waals surface area contributed by atoms with Gasteiger partial charge in [0.15, 0.2) is 0 Å². The van der Waals surface area contributed by atoms with Crippen molar-refractivity contribution in [3.05, 3.63) is 17.7 Å². The Morgan fingerprint density at radius 1 is 1.33 bits per heavy atom. The quantitative estimate of drug-likeness (QED) is 0.772. The average Bonchev–Trinajstić information content (AvgIpc) is 2.15. The Hall–Kier alpha value is -1.62. The fraction of sp³-hybridized carbons (Fsp3) is 0.222. The van der Waals surface area contributed by atoms with Crippen LogP contribution in [-0.2, 0) is 0 Å². The highest BCUT2D eigenvalue weighted by atomic mass is 35.5. The molecule has 0 spiro atoms. The summed E-state index contributed by atoms with van der Waals surface area (Å²) in [6.07, 6.45) is 0. The zero-order valence-corrected chi connectivity index (χ0v) is 9.13. The predicted molar refractivity (Wildman–Crippen MR) is 58.2 cm³/mol. The average molecular weight is 234 g/mol. The minimum Gasteiger partial charge on any atom is -0.497 e. The van der Waals surface area contributed by atoms with Gasteiger partial charge in [0.25, 0.3) is 0 Å². The Kier molecular flexibility index (Phi) is 4.73. The standard InChI is InChI=1S/C9H11NO4.ClH/c1-13-5-3-6(10)8(9(11)12)7(4-5)14-2;/h3-4H,10H2,1-2H3,(H,11,12);1H. The van der Waals surface area contributed by atoms with E-state index in [0.717, 1.165) is 0 Å². The smallest absolute Gasteiger partial charge is 0.341 e. The van der Waals surface area contributed by atoms with Gasteiger partial charge in [0, 0.05) is 12.1 Å². The highest BCUT2D eigenvalue weighted by molar-refractivity contribution is 5.97. The number of nitrogen functional groups attached to an aromatic ring is 1. The molecule has 0 saturated carbocycles. The minimum absolute atomic E-state index is 0. The third-order valence-corrected chi connectivity index (χ3v) is 1.78. The minimum atomic E-state index is -1.12. The molecule has 0 fully saturated rings. The Labute approximate surface area is 93.2 Å². The molecule has 0 aliphatic carbocycles. The van der Waals surface area contributed by atoms with Crippen LogP contribution in [0.2, 0.25) is 0 Å². The van der Waals surface area contributed by atoms with Crippen LogP contribution in [0.4, 0.5) is 5.69 Å². The van der Waals surface area contributed by atoms with Crippen molar-refractivity contribution in [2.45, 2.75) is 0 Å². The van der Waals surface area contributed by atoms with Gasteiger partial charge < -0.3 is 20.3 Å². The number of halogens is 1. The SMILES string of the molecule is COc1cc(N)c(C(=O)O)c(OC)c1.Cl. The second-order valence-electron chi connectivity index (χ2n) is 2.60. The molecule has 0 aliphatic heterocycles. The van der Waals surface area contributed by atoms with Crippen LogP contribution in [-0.4, -0.2) is 25.3 Å². The summed E-state index contributed by atoms with van der Waals surface area (Å²) >= 11 is 0. The maximum atomic E-state index is 10.8. The predicted octanol–water partition coefficient (Wildman–Crippen LogP) is 1.41. The number of hydrogen-bond donors (Lipinski definition) is 2. The number of ether oxygens (including phenoxy) is 2. The molecule has 15 heavy (non-hydrogen) atoms. The van der Waals surface area contributed by atoms with Crippen molar-refractivity contribution < 1.29 is 19.4 Å². The van der Waals surface area contributed by atoms with Crippen LogP contribution in [0.15, 0.2) is 12.1 Å². The number of benzene rings is 1. The highest BCUT2D eigenvalue weighted by Gasteiger charge is 2.16. The van der Waals surface area contributed by atoms with Gasteiger partial charge in [-0.25, -0.2) is 4.79 Å². The number of carboxylic acid groups (broad SMARTS) is 1. The molecule has 0 saturated heterocycles. The number of carbonyl (C=O) groups is 1. The lowest BCUT2D eigenvalue weighted by molar-refractivity contribution is 0.0694. The summed E-state index contributed by atoms with van der Waals surface area (Å²) in [6, 6.07) is 2.91. The molecule has 0 atom stereocenters. The topological polar surface area (TPSA) is 81.8 Å². The molecule has 1 aromatic carbocycles. The second kappa shape index (κ2) is 5.31. The molecule has 0 aromatic heterocycles. The van der Waals surface area contributed by atoms with E-state index in [-0.39, 0.29) is 29.4 Å². The number of methoxy groups -OCH3 is 2. The lowest BCUT2D eigenvalue weighted by atomic mass is 10.1. The number of anilines is 1. The highest BCUT2D eigenvalue weighted by Crippen LogP contribution is 2.30. The van der Waals surface area contributed by atoms with E-state index in [9.17, 15) is 4.79 Å². The number of carboxylic acids is 1. The Balaban J connectivity index is 0.00000196. The van der Waals surface area contributed by atoms with E-state index in [1.807, 2.05) is 0 Å². The van der Waals surface area contributed by atoms with E-state index in [1.54, 1.807) is 0 Å². The van der Waals surface area contributed by atoms with Crippen LogP contribution in [0.3, 0.4) is 0 Å². The largest absolute Gasteiger partial charge is 0.497 e. The lowest BCUT2D eigenvalue weighted by Crippen LogP contribution is -2.05. The van der Waals surface area contributed by atoms with Crippen molar-refractivity contribution in [3.63, 3.8) is 0 Å². The van der Waals surface area contributed by atoms with Crippen molar-refractivity contribution in [2.75, 3.05) is 20.0 Å². The van der Waals surface area contributed by atoms with Gasteiger partial charge >= 0.3 is 5.97 Å². The Morgan fingerprint density at radius 3 is 2.33 bits per heavy atom. The molecular formula is C9H12ClNO4. The van der Waals surface area contributed by atoms with Crippen molar-refractivity contribution >= 4 is 24.1 Å². The molecule has 0 bridgehead atoms. The van der Waals surface area contributed by atoms with Crippen LogP contribution >= 0.6 is 12.4 Å². The first-order valence-electron chi connectivity index (χ1n) is 3.85. The summed E-state index contributed by atoms with van der Waals surface area (Å²) in [4.78, 5) is 10.8. The molecule has 5 nitrogen and oxygen atoms in total.